The smallest absolute Gasteiger partial charge is 0.326 e. The Balaban J connectivity index is 4.18. The number of urea groups is 1. The number of primary amides is 2. The van der Waals surface area contributed by atoms with Gasteiger partial charge >= 0.3 is 12.0 Å². The van der Waals surface area contributed by atoms with Gasteiger partial charge in [-0.1, -0.05) is 0 Å². The highest BCUT2D eigenvalue weighted by molar-refractivity contribution is 5.89. The molecule has 10 heteroatoms. The number of carbonyl (C=O) groups excluding carboxylic acids is 3. The second-order valence-electron chi connectivity index (χ2n) is 4.11. The predicted octanol–water partition coefficient (Wildman–Crippen LogP) is -2.79. The fourth-order valence-corrected chi connectivity index (χ4v) is 1.34. The van der Waals surface area contributed by atoms with Gasteiger partial charge in [0.1, 0.15) is 6.04 Å². The van der Waals surface area contributed by atoms with E-state index in [2.05, 4.69) is 10.6 Å². The highest BCUT2D eigenvalue weighted by Gasteiger charge is 2.24. The van der Waals surface area contributed by atoms with Gasteiger partial charge in [0.25, 0.3) is 0 Å². The highest BCUT2D eigenvalue weighted by atomic mass is 16.4. The molecule has 0 heterocycles. The van der Waals surface area contributed by atoms with Crippen LogP contribution in [0.15, 0.2) is 0 Å². The number of rotatable bonds is 9. The number of aliphatic carboxylic acids is 1. The zero-order chi connectivity index (χ0) is 15.7. The zero-order valence-electron chi connectivity index (χ0n) is 10.8. The van der Waals surface area contributed by atoms with Crippen LogP contribution in [-0.2, 0) is 14.4 Å². The number of nitrogens with one attached hydrogen (secondary N) is 2. The van der Waals surface area contributed by atoms with Crippen molar-refractivity contribution in [3.05, 3.63) is 0 Å². The molecule has 20 heavy (non-hydrogen) atoms. The van der Waals surface area contributed by atoms with Crippen molar-refractivity contribution in [3.8, 4) is 0 Å². The summed E-state index contributed by atoms with van der Waals surface area (Å²) in [5.74, 6) is -2.94. The summed E-state index contributed by atoms with van der Waals surface area (Å²) in [4.78, 5) is 43.5. The van der Waals surface area contributed by atoms with Gasteiger partial charge in [-0.2, -0.15) is 0 Å². The molecule has 0 aromatic rings. The van der Waals surface area contributed by atoms with Crippen molar-refractivity contribution >= 4 is 23.8 Å². The monoisotopic (exact) mass is 289 g/mol. The molecule has 0 saturated carbocycles. The maximum absolute atomic E-state index is 11.6. The molecule has 0 bridgehead atoms. The third-order valence-electron chi connectivity index (χ3n) is 2.35. The number of amides is 4. The fraction of sp³-hybridized carbons (Fsp3) is 0.600. The molecule has 0 aliphatic rings. The summed E-state index contributed by atoms with van der Waals surface area (Å²) in [5.41, 5.74) is 15.3. The van der Waals surface area contributed by atoms with E-state index in [-0.39, 0.29) is 13.0 Å². The molecule has 0 aliphatic carbocycles. The molecule has 0 aliphatic heterocycles. The van der Waals surface area contributed by atoms with Gasteiger partial charge in [-0.15, -0.1) is 0 Å². The van der Waals surface area contributed by atoms with Crippen LogP contribution in [0.5, 0.6) is 0 Å². The molecule has 0 aromatic heterocycles. The van der Waals surface area contributed by atoms with Crippen molar-refractivity contribution in [3.63, 3.8) is 0 Å². The van der Waals surface area contributed by atoms with Crippen LogP contribution in [0.3, 0.4) is 0 Å². The normalized spacial score (nSPS) is 13.1. The van der Waals surface area contributed by atoms with E-state index < -0.39 is 42.3 Å². The summed E-state index contributed by atoms with van der Waals surface area (Å²) in [7, 11) is 0. The van der Waals surface area contributed by atoms with E-state index in [0.29, 0.717) is 6.42 Å². The Morgan fingerprint density at radius 3 is 2.20 bits per heavy atom. The quantitative estimate of drug-likeness (QED) is 0.248. The maximum atomic E-state index is 11.6. The van der Waals surface area contributed by atoms with Crippen molar-refractivity contribution in [2.75, 3.05) is 6.54 Å². The topological polar surface area (TPSA) is 191 Å². The first-order valence-corrected chi connectivity index (χ1v) is 5.84. The van der Waals surface area contributed by atoms with Crippen LogP contribution in [0.1, 0.15) is 19.3 Å². The minimum absolute atomic E-state index is 0.217. The van der Waals surface area contributed by atoms with Gasteiger partial charge in [0.05, 0.1) is 12.5 Å². The standard InChI is InChI=1S/C10H19N5O5/c11-5(2-1-3-14-10(13)20)8(17)15-6(9(18)19)4-7(12)16/h5-6H,1-4,11H2,(H2,12,16)(H,15,17)(H,18,19)(H3,13,14,20)/t5-,6-/m0/s1. The van der Waals surface area contributed by atoms with Crippen molar-refractivity contribution in [2.45, 2.75) is 31.3 Å². The Morgan fingerprint density at radius 1 is 1.15 bits per heavy atom. The summed E-state index contributed by atoms with van der Waals surface area (Å²) in [6.07, 6.45) is 0.0944. The van der Waals surface area contributed by atoms with Crippen molar-refractivity contribution < 1.29 is 24.3 Å². The van der Waals surface area contributed by atoms with Crippen LogP contribution in [0.25, 0.3) is 0 Å². The number of carboxylic acids is 1. The van der Waals surface area contributed by atoms with Crippen LogP contribution in [0, 0.1) is 0 Å². The van der Waals surface area contributed by atoms with E-state index in [1.807, 2.05) is 0 Å². The van der Waals surface area contributed by atoms with E-state index >= 15 is 0 Å². The van der Waals surface area contributed by atoms with Gasteiger partial charge in [0.15, 0.2) is 0 Å². The van der Waals surface area contributed by atoms with Gasteiger partial charge in [-0.3, -0.25) is 9.59 Å². The number of hydrogen-bond acceptors (Lipinski definition) is 5. The average molecular weight is 289 g/mol. The number of nitrogens with two attached hydrogens (primary N) is 3. The highest BCUT2D eigenvalue weighted by Crippen LogP contribution is 1.97. The minimum atomic E-state index is -1.41. The predicted molar refractivity (Wildman–Crippen MR) is 68.2 cm³/mol. The third-order valence-corrected chi connectivity index (χ3v) is 2.35. The molecular weight excluding hydrogens is 270 g/mol. The first-order chi connectivity index (χ1) is 9.23. The van der Waals surface area contributed by atoms with Crippen LogP contribution in [-0.4, -0.2) is 47.5 Å². The third kappa shape index (κ3) is 7.87. The van der Waals surface area contributed by atoms with Crippen LogP contribution < -0.4 is 27.8 Å². The molecule has 0 rings (SSSR count). The Morgan fingerprint density at radius 2 is 1.75 bits per heavy atom. The molecule has 10 nitrogen and oxygen atoms in total. The fourth-order valence-electron chi connectivity index (χ4n) is 1.34. The van der Waals surface area contributed by atoms with E-state index in [4.69, 9.17) is 22.3 Å². The lowest BCUT2D eigenvalue weighted by molar-refractivity contribution is -0.143. The van der Waals surface area contributed by atoms with Crippen molar-refractivity contribution in [1.29, 1.82) is 0 Å². The number of carboxylic acid groups (broad SMARTS) is 1. The van der Waals surface area contributed by atoms with Gasteiger partial charge in [0.2, 0.25) is 11.8 Å². The second kappa shape index (κ2) is 8.69. The SMILES string of the molecule is NC(=O)C[C@H](NC(=O)[C@@H](N)CCCNC(N)=O)C(=O)O. The van der Waals surface area contributed by atoms with Gasteiger partial charge in [-0.05, 0) is 12.8 Å². The zero-order valence-corrected chi connectivity index (χ0v) is 10.8. The van der Waals surface area contributed by atoms with Crippen LogP contribution in [0.4, 0.5) is 4.79 Å². The van der Waals surface area contributed by atoms with E-state index in [1.54, 1.807) is 0 Å². The van der Waals surface area contributed by atoms with Gasteiger partial charge < -0.3 is 32.9 Å². The number of hydrogen-bond donors (Lipinski definition) is 6. The Kier molecular flexibility index (Phi) is 7.67. The molecule has 9 N–H and O–H groups in total. The van der Waals surface area contributed by atoms with Gasteiger partial charge in [0, 0.05) is 6.54 Å². The lowest BCUT2D eigenvalue weighted by atomic mass is 10.1. The van der Waals surface area contributed by atoms with Crippen LogP contribution >= 0.6 is 0 Å². The van der Waals surface area contributed by atoms with E-state index in [1.165, 1.54) is 0 Å². The molecule has 0 spiro atoms. The summed E-state index contributed by atoms with van der Waals surface area (Å²) in [5, 5.41) is 13.2. The lowest BCUT2D eigenvalue weighted by Crippen LogP contribution is -2.49. The molecule has 0 saturated heterocycles. The Labute approximate surface area is 115 Å². The number of carbonyl (C=O) groups is 4. The summed E-state index contributed by atoms with van der Waals surface area (Å²) in [6.45, 7) is 0.250. The average Bonchev–Trinajstić information content (AvgIpc) is 2.32. The summed E-state index contributed by atoms with van der Waals surface area (Å²) < 4.78 is 0. The van der Waals surface area contributed by atoms with Crippen molar-refractivity contribution in [2.24, 2.45) is 17.2 Å². The van der Waals surface area contributed by atoms with Gasteiger partial charge in [-0.25, -0.2) is 9.59 Å². The molecule has 2 atom stereocenters. The largest absolute Gasteiger partial charge is 0.480 e. The second-order valence-corrected chi connectivity index (χ2v) is 4.11. The van der Waals surface area contributed by atoms with Crippen molar-refractivity contribution in [1.82, 2.24) is 10.6 Å². The molecular formula is C10H19N5O5. The van der Waals surface area contributed by atoms with E-state index in [0.717, 1.165) is 0 Å². The summed E-state index contributed by atoms with van der Waals surface area (Å²) in [6, 6.07) is -3.05. The van der Waals surface area contributed by atoms with E-state index in [9.17, 15) is 19.2 Å². The molecule has 0 aromatic carbocycles. The molecule has 0 radical (unpaired) electrons. The first-order valence-electron chi connectivity index (χ1n) is 5.84. The lowest BCUT2D eigenvalue weighted by Gasteiger charge is -2.16. The molecule has 114 valence electrons. The first kappa shape index (κ1) is 17.6. The molecule has 0 fully saturated rings. The molecule has 4 amide bonds. The Hall–Kier alpha value is -2.36. The molecule has 0 unspecified atom stereocenters. The maximum Gasteiger partial charge on any atom is 0.326 e. The summed E-state index contributed by atoms with van der Waals surface area (Å²) >= 11 is 0. The minimum Gasteiger partial charge on any atom is -0.480 e. The van der Waals surface area contributed by atoms with Crippen LogP contribution in [0.2, 0.25) is 0 Å². The Bertz CT molecular complexity index is 386.